The molecule has 28 heavy (non-hydrogen) atoms. The molecule has 0 unspecified atom stereocenters. The normalized spacial score (nSPS) is 10.5. The van der Waals surface area contributed by atoms with Gasteiger partial charge in [0.05, 0.1) is 14.2 Å². The quantitative estimate of drug-likeness (QED) is 0.658. The van der Waals surface area contributed by atoms with E-state index in [1.165, 1.54) is 19.8 Å². The van der Waals surface area contributed by atoms with Crippen molar-refractivity contribution in [2.45, 2.75) is 20.4 Å². The van der Waals surface area contributed by atoms with Crippen molar-refractivity contribution in [3.8, 4) is 11.5 Å². The van der Waals surface area contributed by atoms with E-state index < -0.39 is 0 Å². The highest BCUT2D eigenvalue weighted by atomic mass is 32.1. The van der Waals surface area contributed by atoms with Gasteiger partial charge in [-0.05, 0) is 55.1 Å². The van der Waals surface area contributed by atoms with Gasteiger partial charge in [-0.3, -0.25) is 15.0 Å². The Balaban J connectivity index is 1.97. The largest absolute Gasteiger partial charge is 0.497 e. The lowest BCUT2D eigenvalue weighted by molar-refractivity contribution is 0.0977. The summed E-state index contributed by atoms with van der Waals surface area (Å²) in [4.78, 5) is 14.8. The monoisotopic (exact) mass is 401 g/mol. The van der Waals surface area contributed by atoms with Crippen LogP contribution in [0.2, 0.25) is 0 Å². The number of nitrogens with one attached hydrogen (secondary N) is 2. The standard InChI is InChI=1S/C21H27N3O3S/c1-5-24(6-2)14-15-7-9-17(10-8-15)22-21(28)23-20(25)16-11-18(26-3)13-19(12-16)27-4/h7-13H,5-6,14H2,1-4H3,(H2,22,23,25,28). The third-order valence-electron chi connectivity index (χ3n) is 4.35. The molecular formula is C21H27N3O3S. The van der Waals surface area contributed by atoms with E-state index in [9.17, 15) is 4.79 Å². The van der Waals surface area contributed by atoms with Gasteiger partial charge in [-0.1, -0.05) is 26.0 Å². The molecule has 0 aliphatic rings. The predicted molar refractivity (Wildman–Crippen MR) is 116 cm³/mol. The Labute approximate surface area is 171 Å². The molecule has 0 atom stereocenters. The number of ether oxygens (including phenoxy) is 2. The van der Waals surface area contributed by atoms with Gasteiger partial charge in [0.25, 0.3) is 5.91 Å². The lowest BCUT2D eigenvalue weighted by Crippen LogP contribution is -2.34. The number of amides is 1. The molecule has 150 valence electrons. The van der Waals surface area contributed by atoms with E-state index in [1.54, 1.807) is 18.2 Å². The van der Waals surface area contributed by atoms with Gasteiger partial charge in [0.1, 0.15) is 11.5 Å². The van der Waals surface area contributed by atoms with Crippen LogP contribution in [0.1, 0.15) is 29.8 Å². The molecule has 6 nitrogen and oxygen atoms in total. The van der Waals surface area contributed by atoms with Crippen LogP contribution in [0, 0.1) is 0 Å². The second-order valence-corrected chi connectivity index (χ2v) is 6.58. The summed E-state index contributed by atoms with van der Waals surface area (Å²) >= 11 is 5.26. The lowest BCUT2D eigenvalue weighted by Gasteiger charge is -2.18. The van der Waals surface area contributed by atoms with Crippen LogP contribution in [0.3, 0.4) is 0 Å². The van der Waals surface area contributed by atoms with E-state index >= 15 is 0 Å². The van der Waals surface area contributed by atoms with Gasteiger partial charge in [0.15, 0.2) is 5.11 Å². The van der Waals surface area contributed by atoms with Crippen molar-refractivity contribution in [1.82, 2.24) is 10.2 Å². The van der Waals surface area contributed by atoms with E-state index in [0.717, 1.165) is 25.3 Å². The molecule has 0 aliphatic heterocycles. The maximum atomic E-state index is 12.5. The summed E-state index contributed by atoms with van der Waals surface area (Å²) in [7, 11) is 3.07. The van der Waals surface area contributed by atoms with Gasteiger partial charge >= 0.3 is 0 Å². The summed E-state index contributed by atoms with van der Waals surface area (Å²) in [5.74, 6) is 0.729. The molecule has 2 aromatic carbocycles. The van der Waals surface area contributed by atoms with Gasteiger partial charge < -0.3 is 14.8 Å². The Morgan fingerprint density at radius 2 is 1.57 bits per heavy atom. The average Bonchev–Trinajstić information content (AvgIpc) is 2.72. The van der Waals surface area contributed by atoms with Crippen molar-refractivity contribution in [3.05, 3.63) is 53.6 Å². The second kappa shape index (κ2) is 10.6. The van der Waals surface area contributed by atoms with E-state index in [-0.39, 0.29) is 11.0 Å². The highest BCUT2D eigenvalue weighted by Crippen LogP contribution is 2.22. The first kappa shape index (κ1) is 21.7. The fourth-order valence-electron chi connectivity index (χ4n) is 2.68. The van der Waals surface area contributed by atoms with Crippen LogP contribution in [0.5, 0.6) is 11.5 Å². The van der Waals surface area contributed by atoms with Crippen LogP contribution < -0.4 is 20.1 Å². The molecule has 2 aromatic rings. The Morgan fingerprint density at radius 1 is 1.00 bits per heavy atom. The molecule has 0 saturated heterocycles. The summed E-state index contributed by atoms with van der Waals surface area (Å²) in [5.41, 5.74) is 2.44. The SMILES string of the molecule is CCN(CC)Cc1ccc(NC(=S)NC(=O)c2cc(OC)cc(OC)c2)cc1. The highest BCUT2D eigenvalue weighted by Gasteiger charge is 2.12. The summed E-state index contributed by atoms with van der Waals surface area (Å²) in [6.07, 6.45) is 0. The van der Waals surface area contributed by atoms with Gasteiger partial charge in [-0.2, -0.15) is 0 Å². The zero-order valence-corrected chi connectivity index (χ0v) is 17.6. The average molecular weight is 402 g/mol. The minimum absolute atomic E-state index is 0.225. The smallest absolute Gasteiger partial charge is 0.257 e. The third kappa shape index (κ3) is 6.21. The van der Waals surface area contributed by atoms with Crippen LogP contribution in [-0.4, -0.2) is 43.2 Å². The van der Waals surface area contributed by atoms with Crippen LogP contribution in [0.4, 0.5) is 5.69 Å². The summed E-state index contributed by atoms with van der Waals surface area (Å²) < 4.78 is 10.4. The Kier molecular flexibility index (Phi) is 8.22. The van der Waals surface area contributed by atoms with Crippen molar-refractivity contribution < 1.29 is 14.3 Å². The molecule has 0 heterocycles. The number of methoxy groups -OCH3 is 2. The maximum absolute atomic E-state index is 12.5. The Bertz CT molecular complexity index is 783. The van der Waals surface area contributed by atoms with Crippen LogP contribution in [0.15, 0.2) is 42.5 Å². The first-order valence-corrected chi connectivity index (χ1v) is 9.56. The minimum atomic E-state index is -0.340. The number of rotatable bonds is 8. The fraction of sp³-hybridized carbons (Fsp3) is 0.333. The molecular weight excluding hydrogens is 374 g/mol. The maximum Gasteiger partial charge on any atom is 0.257 e. The van der Waals surface area contributed by atoms with Gasteiger partial charge in [0.2, 0.25) is 0 Å². The summed E-state index contributed by atoms with van der Waals surface area (Å²) in [5, 5.41) is 5.93. The van der Waals surface area contributed by atoms with Crippen molar-refractivity contribution in [2.24, 2.45) is 0 Å². The zero-order valence-electron chi connectivity index (χ0n) is 16.7. The molecule has 0 bridgehead atoms. The first-order chi connectivity index (χ1) is 13.5. The molecule has 2 rings (SSSR count). The number of carbonyl (C=O) groups is 1. The predicted octanol–water partition coefficient (Wildman–Crippen LogP) is 3.67. The van der Waals surface area contributed by atoms with Crippen molar-refractivity contribution in [1.29, 1.82) is 0 Å². The zero-order chi connectivity index (χ0) is 20.5. The third-order valence-corrected chi connectivity index (χ3v) is 4.56. The molecule has 0 spiro atoms. The van der Waals surface area contributed by atoms with E-state index in [2.05, 4.69) is 41.5 Å². The topological polar surface area (TPSA) is 62.8 Å². The summed E-state index contributed by atoms with van der Waals surface area (Å²) in [6, 6.07) is 13.0. The molecule has 0 aliphatic carbocycles. The number of anilines is 1. The van der Waals surface area contributed by atoms with Crippen molar-refractivity contribution in [2.75, 3.05) is 32.6 Å². The van der Waals surface area contributed by atoms with E-state index in [0.29, 0.717) is 17.1 Å². The number of hydrogen-bond donors (Lipinski definition) is 2. The molecule has 0 aromatic heterocycles. The van der Waals surface area contributed by atoms with Gasteiger partial charge in [-0.15, -0.1) is 0 Å². The number of thiocarbonyl (C=S) groups is 1. The number of benzene rings is 2. The minimum Gasteiger partial charge on any atom is -0.497 e. The summed E-state index contributed by atoms with van der Waals surface area (Å²) in [6.45, 7) is 7.24. The Morgan fingerprint density at radius 3 is 2.07 bits per heavy atom. The molecule has 2 N–H and O–H groups in total. The van der Waals surface area contributed by atoms with E-state index in [1.807, 2.05) is 12.1 Å². The molecule has 7 heteroatoms. The van der Waals surface area contributed by atoms with Crippen LogP contribution in [0.25, 0.3) is 0 Å². The van der Waals surface area contributed by atoms with E-state index in [4.69, 9.17) is 21.7 Å². The molecule has 1 amide bonds. The number of nitrogens with zero attached hydrogens (tertiary/aromatic N) is 1. The van der Waals surface area contributed by atoms with Crippen molar-refractivity contribution in [3.63, 3.8) is 0 Å². The second-order valence-electron chi connectivity index (χ2n) is 6.17. The lowest BCUT2D eigenvalue weighted by atomic mass is 10.2. The number of carbonyl (C=O) groups excluding carboxylic acids is 1. The fourth-order valence-corrected chi connectivity index (χ4v) is 2.89. The van der Waals surface area contributed by atoms with Gasteiger partial charge in [0, 0.05) is 23.9 Å². The molecule has 0 radical (unpaired) electrons. The Hall–Kier alpha value is -2.64. The first-order valence-electron chi connectivity index (χ1n) is 9.15. The highest BCUT2D eigenvalue weighted by molar-refractivity contribution is 7.80. The number of hydrogen-bond acceptors (Lipinski definition) is 5. The van der Waals surface area contributed by atoms with Crippen molar-refractivity contribution >= 4 is 28.9 Å². The van der Waals surface area contributed by atoms with Crippen LogP contribution >= 0.6 is 12.2 Å². The molecule has 0 fully saturated rings. The van der Waals surface area contributed by atoms with Crippen LogP contribution in [-0.2, 0) is 6.54 Å². The molecule has 0 saturated carbocycles. The van der Waals surface area contributed by atoms with Gasteiger partial charge in [-0.25, -0.2) is 0 Å².